The average molecular weight is 489 g/mol. The second-order valence-corrected chi connectivity index (χ2v) is 11.5. The van der Waals surface area contributed by atoms with E-state index in [0.29, 0.717) is 17.8 Å². The molecule has 7 rings (SSSR count). The van der Waals surface area contributed by atoms with E-state index in [1.54, 1.807) is 0 Å². The van der Waals surface area contributed by atoms with E-state index < -0.39 is 11.9 Å². The van der Waals surface area contributed by atoms with Gasteiger partial charge in [-0.2, -0.15) is 18.3 Å². The number of hydrogen-bond acceptors (Lipinski definition) is 6. The van der Waals surface area contributed by atoms with E-state index in [1.165, 1.54) is 18.9 Å². The summed E-state index contributed by atoms with van der Waals surface area (Å²) in [4.78, 5) is 21.2. The third-order valence-electron chi connectivity index (χ3n) is 8.49. The Morgan fingerprint density at radius 1 is 0.971 bits per heavy atom. The minimum Gasteiger partial charge on any atom is -0.366 e. The first-order valence-corrected chi connectivity index (χ1v) is 12.3. The molecule has 5 aliphatic rings. The Hall–Kier alpha value is -2.92. The van der Waals surface area contributed by atoms with Crippen LogP contribution in [0.5, 0.6) is 0 Å². The van der Waals surface area contributed by atoms with Gasteiger partial charge in [-0.15, -0.1) is 10.2 Å². The van der Waals surface area contributed by atoms with Gasteiger partial charge in [-0.1, -0.05) is 0 Å². The van der Waals surface area contributed by atoms with Gasteiger partial charge in [0, 0.05) is 49.0 Å². The van der Waals surface area contributed by atoms with Crippen molar-refractivity contribution >= 4 is 11.8 Å². The summed E-state index contributed by atoms with van der Waals surface area (Å²) in [6.07, 6.45) is 3.69. The normalized spacial score (nSPS) is 25.1. The van der Waals surface area contributed by atoms with E-state index in [1.807, 2.05) is 20.8 Å². The van der Waals surface area contributed by atoms with Gasteiger partial charge in [0.2, 0.25) is 0 Å². The number of hydrogen-bond donors (Lipinski definition) is 1. The van der Waals surface area contributed by atoms with Gasteiger partial charge < -0.3 is 15.1 Å². The van der Waals surface area contributed by atoms with Crippen molar-refractivity contribution in [3.63, 3.8) is 0 Å². The van der Waals surface area contributed by atoms with Crippen LogP contribution in [0.4, 0.5) is 23.8 Å². The monoisotopic (exact) mass is 488 g/mol. The van der Waals surface area contributed by atoms with Crippen LogP contribution in [0.25, 0.3) is 0 Å². The van der Waals surface area contributed by atoms with E-state index in [2.05, 4.69) is 25.6 Å². The predicted molar refractivity (Wildman–Crippen MR) is 117 cm³/mol. The van der Waals surface area contributed by atoms with Gasteiger partial charge in [0.25, 0.3) is 0 Å². The highest BCUT2D eigenvalue weighted by molar-refractivity contribution is 5.77. The number of anilines is 1. The summed E-state index contributed by atoms with van der Waals surface area (Å²) in [5.74, 6) is 1.91. The molecule has 2 aromatic heterocycles. The SMILES string of the molecule is O=C(N1CC2(CC(Nc3ccc(C(F)(F)F)nn3)C2)C1)N1CC2(CC(n3cnc(C4CC4)n3)C2)C1. The van der Waals surface area contributed by atoms with Crippen molar-refractivity contribution in [3.05, 3.63) is 30.0 Å². The van der Waals surface area contributed by atoms with Crippen molar-refractivity contribution in [2.24, 2.45) is 10.8 Å². The van der Waals surface area contributed by atoms with Crippen molar-refractivity contribution < 1.29 is 18.0 Å². The molecule has 5 fully saturated rings. The van der Waals surface area contributed by atoms with Gasteiger partial charge in [-0.3, -0.25) is 0 Å². The molecule has 0 unspecified atom stereocenters. The molecule has 3 saturated carbocycles. The molecule has 2 aromatic rings. The Morgan fingerprint density at radius 3 is 2.20 bits per heavy atom. The lowest BCUT2D eigenvalue weighted by molar-refractivity contribution is -0.141. The second kappa shape index (κ2) is 7.07. The molecule has 186 valence electrons. The number of amides is 2. The van der Waals surface area contributed by atoms with E-state index in [-0.39, 0.29) is 22.9 Å². The molecule has 1 N–H and O–H groups in total. The van der Waals surface area contributed by atoms with Gasteiger partial charge in [0.15, 0.2) is 11.5 Å². The van der Waals surface area contributed by atoms with Crippen LogP contribution in [0.1, 0.15) is 62.0 Å². The zero-order valence-corrected chi connectivity index (χ0v) is 19.2. The maximum absolute atomic E-state index is 12.9. The summed E-state index contributed by atoms with van der Waals surface area (Å²) >= 11 is 0. The van der Waals surface area contributed by atoms with E-state index in [4.69, 9.17) is 0 Å². The number of urea groups is 1. The Morgan fingerprint density at radius 2 is 1.63 bits per heavy atom. The zero-order valence-electron chi connectivity index (χ0n) is 19.2. The quantitative estimate of drug-likeness (QED) is 0.710. The summed E-state index contributed by atoms with van der Waals surface area (Å²) < 4.78 is 39.9. The lowest BCUT2D eigenvalue weighted by atomic mass is 9.60. The number of carbonyl (C=O) groups is 1. The molecule has 2 aliphatic heterocycles. The predicted octanol–water partition coefficient (Wildman–Crippen LogP) is 3.30. The molecule has 0 bridgehead atoms. The van der Waals surface area contributed by atoms with Crippen molar-refractivity contribution in [1.29, 1.82) is 0 Å². The van der Waals surface area contributed by atoms with Gasteiger partial charge in [0.1, 0.15) is 12.1 Å². The molecule has 35 heavy (non-hydrogen) atoms. The number of halogens is 3. The van der Waals surface area contributed by atoms with E-state index >= 15 is 0 Å². The second-order valence-electron chi connectivity index (χ2n) is 11.5. The molecule has 0 atom stereocenters. The van der Waals surface area contributed by atoms with Crippen LogP contribution < -0.4 is 5.32 Å². The smallest absolute Gasteiger partial charge is 0.366 e. The Bertz CT molecular complexity index is 1130. The molecule has 9 nitrogen and oxygen atoms in total. The topological polar surface area (TPSA) is 92.1 Å². The average Bonchev–Trinajstić information content (AvgIpc) is 3.44. The molecule has 3 aliphatic carbocycles. The van der Waals surface area contributed by atoms with Gasteiger partial charge in [-0.05, 0) is 50.7 Å². The molecular weight excluding hydrogens is 461 g/mol. The van der Waals surface area contributed by atoms with Crippen LogP contribution >= 0.6 is 0 Å². The fourth-order valence-electron chi connectivity index (χ4n) is 6.49. The van der Waals surface area contributed by atoms with E-state index in [9.17, 15) is 18.0 Å². The third-order valence-corrected chi connectivity index (χ3v) is 8.49. The molecule has 4 heterocycles. The standard InChI is InChI=1S/C23H27F3N8O/c24-23(25,26)17-3-4-18(30-29-17)28-15-5-21(6-15)9-32(10-21)20(35)33-11-22(12-33)7-16(8-22)34-13-27-19(31-34)14-1-2-14/h3-4,13-16H,1-2,5-12H2,(H,28,30). The number of nitrogens with zero attached hydrogens (tertiary/aromatic N) is 7. The van der Waals surface area contributed by atoms with Crippen molar-refractivity contribution in [3.8, 4) is 0 Å². The number of alkyl halides is 3. The Balaban J connectivity index is 0.840. The summed E-state index contributed by atoms with van der Waals surface area (Å²) in [6.45, 7) is 3.15. The van der Waals surface area contributed by atoms with Crippen LogP contribution in [-0.2, 0) is 6.18 Å². The number of aromatic nitrogens is 5. The summed E-state index contributed by atoms with van der Waals surface area (Å²) in [6, 6.07) is 2.95. The molecule has 0 aromatic carbocycles. The number of carbonyl (C=O) groups excluding carboxylic acids is 1. The zero-order chi connectivity index (χ0) is 24.0. The molecule has 2 amide bonds. The summed E-state index contributed by atoms with van der Waals surface area (Å²) in [7, 11) is 0. The van der Waals surface area contributed by atoms with Gasteiger partial charge in [-0.25, -0.2) is 14.5 Å². The minimum absolute atomic E-state index is 0.128. The molecule has 2 spiro atoms. The van der Waals surface area contributed by atoms with Gasteiger partial charge >= 0.3 is 12.2 Å². The first-order chi connectivity index (χ1) is 16.7. The minimum atomic E-state index is -4.48. The summed E-state index contributed by atoms with van der Waals surface area (Å²) in [5, 5.41) is 14.7. The van der Waals surface area contributed by atoms with Crippen molar-refractivity contribution in [2.45, 2.75) is 62.7 Å². The van der Waals surface area contributed by atoms with Crippen LogP contribution in [0.2, 0.25) is 0 Å². The Kier molecular flexibility index (Phi) is 4.32. The van der Waals surface area contributed by atoms with Crippen molar-refractivity contribution in [1.82, 2.24) is 34.8 Å². The Labute approximate surface area is 200 Å². The highest BCUT2D eigenvalue weighted by atomic mass is 19.4. The van der Waals surface area contributed by atoms with Gasteiger partial charge in [0.05, 0.1) is 6.04 Å². The van der Waals surface area contributed by atoms with E-state index in [0.717, 1.165) is 63.8 Å². The summed E-state index contributed by atoms with van der Waals surface area (Å²) in [5.41, 5.74) is -0.612. The number of likely N-dealkylation sites (tertiary alicyclic amines) is 2. The number of rotatable bonds is 4. The highest BCUT2D eigenvalue weighted by Gasteiger charge is 2.58. The lowest BCUT2D eigenvalue weighted by Crippen LogP contribution is -2.72. The lowest BCUT2D eigenvalue weighted by Gasteiger charge is -2.63. The first kappa shape index (κ1) is 21.4. The van der Waals surface area contributed by atoms with Crippen LogP contribution in [0.3, 0.4) is 0 Å². The maximum Gasteiger partial charge on any atom is 0.435 e. The fraction of sp³-hybridized carbons (Fsp3) is 0.696. The molecular formula is C23H27F3N8O. The highest BCUT2D eigenvalue weighted by Crippen LogP contribution is 2.55. The fourth-order valence-corrected chi connectivity index (χ4v) is 6.49. The number of nitrogens with one attached hydrogen (secondary N) is 1. The van der Waals surface area contributed by atoms with Crippen LogP contribution in [0, 0.1) is 10.8 Å². The molecule has 0 radical (unpaired) electrons. The first-order valence-electron chi connectivity index (χ1n) is 12.3. The maximum atomic E-state index is 12.9. The van der Waals surface area contributed by atoms with Crippen LogP contribution in [-0.4, -0.2) is 73.0 Å². The molecule has 2 saturated heterocycles. The third kappa shape index (κ3) is 3.63. The van der Waals surface area contributed by atoms with Crippen molar-refractivity contribution in [2.75, 3.05) is 31.5 Å². The van der Waals surface area contributed by atoms with Crippen LogP contribution in [0.15, 0.2) is 18.5 Å². The molecule has 12 heteroatoms. The largest absolute Gasteiger partial charge is 0.435 e.